The fourth-order valence-corrected chi connectivity index (χ4v) is 2.74. The van der Waals surface area contributed by atoms with E-state index < -0.39 is 23.8 Å². The Morgan fingerprint density at radius 1 is 0.917 bits per heavy atom. The minimum absolute atomic E-state index is 0.201. The van der Waals surface area contributed by atoms with Gasteiger partial charge in [-0.15, -0.1) is 0 Å². The number of carboxylic acid groups (broad SMARTS) is 1. The zero-order valence-electron chi connectivity index (χ0n) is 12.9. The van der Waals surface area contributed by atoms with Gasteiger partial charge in [-0.25, -0.2) is 4.79 Å². The van der Waals surface area contributed by atoms with E-state index in [4.69, 9.17) is 5.11 Å². The van der Waals surface area contributed by atoms with E-state index in [1.165, 1.54) is 0 Å². The van der Waals surface area contributed by atoms with Crippen LogP contribution in [0.5, 0.6) is 0 Å². The van der Waals surface area contributed by atoms with Gasteiger partial charge in [0.15, 0.2) is 0 Å². The van der Waals surface area contributed by atoms with Gasteiger partial charge in [0.1, 0.15) is 6.54 Å². The molecule has 0 aliphatic carbocycles. The largest absolute Gasteiger partial charge is 0.480 e. The molecule has 0 amide bonds. The molecular weight excluding hydrogens is 308 g/mol. The number of hydrogen-bond donors (Lipinski definition) is 1. The average Bonchev–Trinajstić information content (AvgIpc) is 2.59. The Hall–Kier alpha value is -3.15. The summed E-state index contributed by atoms with van der Waals surface area (Å²) in [5.74, 6) is -1.13. The lowest BCUT2D eigenvalue weighted by Gasteiger charge is -2.12. The molecule has 1 aromatic heterocycles. The first kappa shape index (κ1) is 15.7. The lowest BCUT2D eigenvalue weighted by atomic mass is 10.1. The van der Waals surface area contributed by atoms with Crippen LogP contribution in [0, 0.1) is 0 Å². The van der Waals surface area contributed by atoms with Crippen LogP contribution >= 0.6 is 0 Å². The Balaban J connectivity index is 2.12. The number of carboxylic acids is 1. The Labute approximate surface area is 137 Å². The molecule has 6 nitrogen and oxygen atoms in total. The monoisotopic (exact) mass is 324 g/mol. The smallest absolute Gasteiger partial charge is 0.332 e. The van der Waals surface area contributed by atoms with E-state index in [0.29, 0.717) is 17.3 Å². The van der Waals surface area contributed by atoms with Crippen molar-refractivity contribution in [3.63, 3.8) is 0 Å². The zero-order valence-corrected chi connectivity index (χ0v) is 12.9. The first-order chi connectivity index (χ1) is 11.6. The highest BCUT2D eigenvalue weighted by Crippen LogP contribution is 2.08. The number of rotatable bonds is 5. The summed E-state index contributed by atoms with van der Waals surface area (Å²) in [6, 6.07) is 16.1. The van der Waals surface area contributed by atoms with E-state index in [1.807, 2.05) is 30.3 Å². The second-order valence-corrected chi connectivity index (χ2v) is 5.47. The molecule has 0 saturated heterocycles. The van der Waals surface area contributed by atoms with Crippen molar-refractivity contribution in [2.24, 2.45) is 0 Å². The normalized spacial score (nSPS) is 10.8. The molecule has 0 aliphatic rings. The first-order valence-electron chi connectivity index (χ1n) is 7.56. The van der Waals surface area contributed by atoms with Crippen molar-refractivity contribution < 1.29 is 9.90 Å². The third-order valence-corrected chi connectivity index (χ3v) is 3.89. The summed E-state index contributed by atoms with van der Waals surface area (Å²) in [5, 5.41) is 9.41. The van der Waals surface area contributed by atoms with Gasteiger partial charge in [0, 0.05) is 6.54 Å². The molecule has 0 saturated carbocycles. The summed E-state index contributed by atoms with van der Waals surface area (Å²) in [5.41, 5.74) is 0.345. The predicted octanol–water partition coefficient (Wildman–Crippen LogP) is 1.49. The Kier molecular flexibility index (Phi) is 4.29. The van der Waals surface area contributed by atoms with Gasteiger partial charge in [0.25, 0.3) is 5.56 Å². The summed E-state index contributed by atoms with van der Waals surface area (Å²) in [6.45, 7) is -0.281. The molecule has 24 heavy (non-hydrogen) atoms. The van der Waals surface area contributed by atoms with Crippen LogP contribution in [0.15, 0.2) is 64.2 Å². The number of aryl methyl sites for hydroxylation is 1. The molecule has 0 unspecified atom stereocenters. The SMILES string of the molecule is O=C(O)Cn1c(=O)n(CCc2ccccc2)c(=O)c2ccccc21. The van der Waals surface area contributed by atoms with E-state index in [9.17, 15) is 14.4 Å². The lowest BCUT2D eigenvalue weighted by Crippen LogP contribution is -2.41. The summed E-state index contributed by atoms with van der Waals surface area (Å²) in [6.07, 6.45) is 0.515. The molecule has 122 valence electrons. The fourth-order valence-electron chi connectivity index (χ4n) is 2.74. The Morgan fingerprint density at radius 2 is 1.58 bits per heavy atom. The summed E-state index contributed by atoms with van der Waals surface area (Å²) < 4.78 is 2.24. The van der Waals surface area contributed by atoms with Crippen LogP contribution < -0.4 is 11.2 Å². The highest BCUT2D eigenvalue weighted by atomic mass is 16.4. The second kappa shape index (κ2) is 6.54. The van der Waals surface area contributed by atoms with Gasteiger partial charge in [0.05, 0.1) is 10.9 Å². The molecule has 3 aromatic rings. The average molecular weight is 324 g/mol. The molecule has 0 radical (unpaired) electrons. The number of aliphatic carboxylic acids is 1. The van der Waals surface area contributed by atoms with Crippen LogP contribution in [0.3, 0.4) is 0 Å². The second-order valence-electron chi connectivity index (χ2n) is 5.47. The molecule has 0 bridgehead atoms. The number of hydrogen-bond acceptors (Lipinski definition) is 3. The molecule has 6 heteroatoms. The number of nitrogens with zero attached hydrogens (tertiary/aromatic N) is 2. The van der Waals surface area contributed by atoms with Gasteiger partial charge in [0.2, 0.25) is 0 Å². The molecule has 0 spiro atoms. The van der Waals surface area contributed by atoms with Crippen molar-refractivity contribution in [2.45, 2.75) is 19.5 Å². The van der Waals surface area contributed by atoms with E-state index in [2.05, 4.69) is 0 Å². The highest BCUT2D eigenvalue weighted by Gasteiger charge is 2.14. The van der Waals surface area contributed by atoms with Gasteiger partial charge in [-0.1, -0.05) is 42.5 Å². The topological polar surface area (TPSA) is 81.3 Å². The van der Waals surface area contributed by atoms with Crippen LogP contribution in [0.25, 0.3) is 10.9 Å². The van der Waals surface area contributed by atoms with Gasteiger partial charge in [-0.2, -0.15) is 0 Å². The molecule has 0 aliphatic heterocycles. The maximum absolute atomic E-state index is 12.6. The molecule has 2 aromatic carbocycles. The van der Waals surface area contributed by atoms with E-state index in [-0.39, 0.29) is 6.54 Å². The molecule has 1 heterocycles. The quantitative estimate of drug-likeness (QED) is 0.771. The Bertz CT molecular complexity index is 1000. The van der Waals surface area contributed by atoms with Crippen molar-refractivity contribution in [3.8, 4) is 0 Å². The van der Waals surface area contributed by atoms with Gasteiger partial charge in [-0.05, 0) is 24.1 Å². The molecule has 1 N–H and O–H groups in total. The number of fused-ring (bicyclic) bond motifs is 1. The molecule has 0 fully saturated rings. The molecule has 3 rings (SSSR count). The lowest BCUT2D eigenvalue weighted by molar-refractivity contribution is -0.137. The maximum atomic E-state index is 12.6. The first-order valence-corrected chi connectivity index (χ1v) is 7.56. The fraction of sp³-hybridized carbons (Fsp3) is 0.167. The van der Waals surface area contributed by atoms with Gasteiger partial charge >= 0.3 is 11.7 Å². The number of aromatic nitrogens is 2. The van der Waals surface area contributed by atoms with Crippen molar-refractivity contribution >= 4 is 16.9 Å². The summed E-state index contributed by atoms with van der Waals surface area (Å²) in [7, 11) is 0. The van der Waals surface area contributed by atoms with Crippen molar-refractivity contribution in [1.82, 2.24) is 9.13 Å². The maximum Gasteiger partial charge on any atom is 0.332 e. The Morgan fingerprint density at radius 3 is 2.29 bits per heavy atom. The zero-order chi connectivity index (χ0) is 17.1. The minimum Gasteiger partial charge on any atom is -0.480 e. The van der Waals surface area contributed by atoms with Crippen molar-refractivity contribution in [2.75, 3.05) is 0 Å². The van der Waals surface area contributed by atoms with Crippen LogP contribution in [0.4, 0.5) is 0 Å². The standard InChI is InChI=1S/C18H16N2O4/c21-16(22)12-20-15-9-5-4-8-14(15)17(23)19(18(20)24)11-10-13-6-2-1-3-7-13/h1-9H,10-12H2,(H,21,22). The van der Waals surface area contributed by atoms with Crippen LogP contribution in [0.1, 0.15) is 5.56 Å². The minimum atomic E-state index is -1.13. The summed E-state index contributed by atoms with van der Waals surface area (Å²) >= 11 is 0. The third-order valence-electron chi connectivity index (χ3n) is 3.89. The van der Waals surface area contributed by atoms with E-state index >= 15 is 0 Å². The molecule has 0 atom stereocenters. The van der Waals surface area contributed by atoms with E-state index in [1.54, 1.807) is 24.3 Å². The van der Waals surface area contributed by atoms with Gasteiger partial charge < -0.3 is 5.11 Å². The summed E-state index contributed by atoms with van der Waals surface area (Å²) in [4.78, 5) is 36.3. The molecular formula is C18H16N2O4. The van der Waals surface area contributed by atoms with Crippen LogP contribution in [-0.4, -0.2) is 20.2 Å². The third kappa shape index (κ3) is 2.99. The number of para-hydroxylation sites is 1. The number of carbonyl (C=O) groups is 1. The van der Waals surface area contributed by atoms with Crippen molar-refractivity contribution in [1.29, 1.82) is 0 Å². The van der Waals surface area contributed by atoms with Crippen LogP contribution in [-0.2, 0) is 24.3 Å². The highest BCUT2D eigenvalue weighted by molar-refractivity contribution is 5.79. The van der Waals surface area contributed by atoms with E-state index in [0.717, 1.165) is 14.7 Å². The van der Waals surface area contributed by atoms with Gasteiger partial charge in [-0.3, -0.25) is 18.7 Å². The predicted molar refractivity (Wildman–Crippen MR) is 90.2 cm³/mol. The van der Waals surface area contributed by atoms with Crippen molar-refractivity contribution in [3.05, 3.63) is 81.0 Å². The van der Waals surface area contributed by atoms with Crippen LogP contribution in [0.2, 0.25) is 0 Å². The number of benzene rings is 2.